The Labute approximate surface area is 214 Å². The molecule has 1 saturated carbocycles. The van der Waals surface area contributed by atoms with Crippen LogP contribution in [0.1, 0.15) is 42.8 Å². The number of anilines is 1. The molecule has 10 heteroatoms. The van der Waals surface area contributed by atoms with Gasteiger partial charge in [0.15, 0.2) is 11.6 Å². The molecular weight excluding hydrogens is 507 g/mol. The van der Waals surface area contributed by atoms with E-state index in [-0.39, 0.29) is 10.8 Å². The van der Waals surface area contributed by atoms with Gasteiger partial charge in [-0.05, 0) is 61.9 Å². The number of benzene rings is 1. The van der Waals surface area contributed by atoms with Gasteiger partial charge in [0.1, 0.15) is 0 Å². The Morgan fingerprint density at radius 1 is 1.26 bits per heavy atom. The van der Waals surface area contributed by atoms with E-state index in [2.05, 4.69) is 16.0 Å². The smallest absolute Gasteiger partial charge is 0.166 e. The van der Waals surface area contributed by atoms with Gasteiger partial charge in [0.2, 0.25) is 0 Å². The topological polar surface area (TPSA) is 115 Å². The van der Waals surface area contributed by atoms with Crippen molar-refractivity contribution in [3.63, 3.8) is 0 Å². The molecule has 0 aliphatic heterocycles. The van der Waals surface area contributed by atoms with E-state index < -0.39 is 22.4 Å². The number of hydrogen-bond acceptors (Lipinski definition) is 6. The van der Waals surface area contributed by atoms with Gasteiger partial charge in [0, 0.05) is 33.0 Å². The van der Waals surface area contributed by atoms with Crippen LogP contribution in [0.5, 0.6) is 0 Å². The summed E-state index contributed by atoms with van der Waals surface area (Å²) >= 11 is 7.76. The lowest BCUT2D eigenvalue weighted by atomic mass is 9.97. The molecule has 1 aromatic carbocycles. The molecule has 0 amide bonds. The minimum Gasteiger partial charge on any atom is -0.386 e. The van der Waals surface area contributed by atoms with Gasteiger partial charge in [-0.1, -0.05) is 29.8 Å². The molecule has 6 nitrogen and oxygen atoms in total. The zero-order chi connectivity index (χ0) is 25.3. The van der Waals surface area contributed by atoms with Crippen LogP contribution in [0.3, 0.4) is 0 Å². The summed E-state index contributed by atoms with van der Waals surface area (Å²) in [5.41, 5.74) is 7.78. The Morgan fingerprint density at radius 3 is 2.63 bits per heavy atom. The lowest BCUT2D eigenvalue weighted by molar-refractivity contribution is 0.0785. The molecule has 3 aromatic heterocycles. The first-order chi connectivity index (χ1) is 16.5. The lowest BCUT2D eigenvalue weighted by Crippen LogP contribution is -2.15. The third-order valence-electron chi connectivity index (χ3n) is 5.56. The molecule has 0 saturated heterocycles. The van der Waals surface area contributed by atoms with Crippen LogP contribution >= 0.6 is 22.9 Å². The molecule has 5 rings (SSSR count). The van der Waals surface area contributed by atoms with Crippen molar-refractivity contribution in [2.24, 2.45) is 5.14 Å². The second-order valence-electron chi connectivity index (χ2n) is 8.91. The van der Waals surface area contributed by atoms with Gasteiger partial charge in [-0.15, -0.1) is 11.3 Å². The fourth-order valence-electron chi connectivity index (χ4n) is 3.47. The second kappa shape index (κ2) is 10.3. The molecule has 35 heavy (non-hydrogen) atoms. The summed E-state index contributed by atoms with van der Waals surface area (Å²) in [5.74, 6) is -0.769. The van der Waals surface area contributed by atoms with Crippen molar-refractivity contribution in [2.75, 3.05) is 5.73 Å². The predicted octanol–water partition coefficient (Wildman–Crippen LogP) is 5.32. The monoisotopic (exact) mass is 532 g/mol. The SMILES string of the molecule is CC(C)(O)c1ccnc(-c2cccc3cc(Cc4nc(N)c(F)cc4Cl)sc23)c1.NS(=O)C1CC1. The van der Waals surface area contributed by atoms with Gasteiger partial charge in [-0.2, -0.15) is 0 Å². The minimum atomic E-state index is -1.01. The number of pyridine rings is 2. The Morgan fingerprint density at radius 2 is 2.00 bits per heavy atom. The Bertz CT molecular complexity index is 1400. The molecule has 5 N–H and O–H groups in total. The molecular formula is C25H26ClFN4O2S2. The molecule has 1 atom stereocenters. The number of hydrogen-bond donors (Lipinski definition) is 3. The maximum Gasteiger partial charge on any atom is 0.166 e. The first-order valence-electron chi connectivity index (χ1n) is 11.0. The summed E-state index contributed by atoms with van der Waals surface area (Å²) < 4.78 is 24.7. The zero-order valence-corrected chi connectivity index (χ0v) is 21.7. The lowest BCUT2D eigenvalue weighted by Gasteiger charge is -2.18. The summed E-state index contributed by atoms with van der Waals surface area (Å²) in [6.07, 6.45) is 4.31. The van der Waals surface area contributed by atoms with Crippen molar-refractivity contribution in [1.29, 1.82) is 0 Å². The summed E-state index contributed by atoms with van der Waals surface area (Å²) in [4.78, 5) is 9.63. The van der Waals surface area contributed by atoms with Crippen molar-refractivity contribution >= 4 is 49.8 Å². The van der Waals surface area contributed by atoms with Crippen molar-refractivity contribution in [3.8, 4) is 11.3 Å². The van der Waals surface area contributed by atoms with Gasteiger partial charge in [-0.3, -0.25) is 10.1 Å². The molecule has 1 aliphatic rings. The van der Waals surface area contributed by atoms with E-state index in [0.717, 1.165) is 44.6 Å². The molecule has 1 unspecified atom stereocenters. The van der Waals surface area contributed by atoms with E-state index in [4.69, 9.17) is 22.5 Å². The number of aliphatic hydroxyl groups is 1. The van der Waals surface area contributed by atoms with Crippen LogP contribution in [0.4, 0.5) is 10.2 Å². The first-order valence-corrected chi connectivity index (χ1v) is 13.5. The van der Waals surface area contributed by atoms with E-state index in [0.29, 0.717) is 17.4 Å². The number of halogens is 2. The highest BCUT2D eigenvalue weighted by atomic mass is 35.5. The van der Waals surface area contributed by atoms with Crippen LogP contribution in [-0.4, -0.2) is 24.5 Å². The number of fused-ring (bicyclic) bond motifs is 1. The highest BCUT2D eigenvalue weighted by molar-refractivity contribution is 7.83. The highest BCUT2D eigenvalue weighted by Crippen LogP contribution is 2.36. The second-order valence-corrected chi connectivity index (χ2v) is 11.8. The van der Waals surface area contributed by atoms with E-state index >= 15 is 0 Å². The number of nitrogens with zero attached hydrogens (tertiary/aromatic N) is 2. The van der Waals surface area contributed by atoms with Crippen molar-refractivity contribution < 1.29 is 13.7 Å². The van der Waals surface area contributed by atoms with Crippen molar-refractivity contribution in [2.45, 2.75) is 44.0 Å². The summed E-state index contributed by atoms with van der Waals surface area (Å²) in [6.45, 7) is 3.50. The average Bonchev–Trinajstić information content (AvgIpc) is 3.57. The van der Waals surface area contributed by atoms with Crippen LogP contribution < -0.4 is 10.9 Å². The number of thiophene rings is 1. The highest BCUT2D eigenvalue weighted by Gasteiger charge is 2.25. The molecule has 184 valence electrons. The minimum absolute atomic E-state index is 0.154. The predicted molar refractivity (Wildman–Crippen MR) is 142 cm³/mol. The number of rotatable bonds is 5. The molecule has 0 bridgehead atoms. The van der Waals surface area contributed by atoms with Crippen molar-refractivity contribution in [3.05, 3.63) is 75.6 Å². The number of nitrogens with two attached hydrogens (primary N) is 2. The van der Waals surface area contributed by atoms with Crippen LogP contribution in [0.2, 0.25) is 5.02 Å². The van der Waals surface area contributed by atoms with Crippen LogP contribution in [0.25, 0.3) is 21.3 Å². The summed E-state index contributed by atoms with van der Waals surface area (Å²) in [7, 11) is -1.01. The molecule has 1 fully saturated rings. The molecule has 0 spiro atoms. The average molecular weight is 533 g/mol. The van der Waals surface area contributed by atoms with E-state index in [1.807, 2.05) is 30.3 Å². The maximum absolute atomic E-state index is 13.5. The standard InChI is InChI=1S/C22H19ClFN3OS.C3H7NOS/c1-22(2,28)13-6-7-26-18(9-13)15-5-3-4-12-8-14(29-20(12)15)10-19-16(23)11-17(24)21(25)27-19;4-6(5)3-1-2-3/h3-9,11,28H,10H2,1-2H3,(H2,25,27);3H,1-2,4H2. The third kappa shape index (κ3) is 6.23. The van der Waals surface area contributed by atoms with Crippen LogP contribution in [-0.2, 0) is 23.0 Å². The van der Waals surface area contributed by atoms with Gasteiger partial charge in [0.05, 0.1) is 33.0 Å². The number of nitrogen functional groups attached to an aromatic ring is 1. The normalized spacial score (nSPS) is 14.5. The van der Waals surface area contributed by atoms with Crippen LogP contribution in [0, 0.1) is 5.82 Å². The van der Waals surface area contributed by atoms with E-state index in [1.165, 1.54) is 6.07 Å². The summed E-state index contributed by atoms with van der Waals surface area (Å²) in [5, 5.41) is 17.0. The van der Waals surface area contributed by atoms with Gasteiger partial charge < -0.3 is 10.8 Å². The van der Waals surface area contributed by atoms with Gasteiger partial charge >= 0.3 is 0 Å². The Balaban J connectivity index is 0.000000421. The summed E-state index contributed by atoms with van der Waals surface area (Å²) in [6, 6.07) is 13.0. The van der Waals surface area contributed by atoms with Gasteiger partial charge in [-0.25, -0.2) is 13.6 Å². The maximum atomic E-state index is 13.5. The third-order valence-corrected chi connectivity index (χ3v) is 8.20. The van der Waals surface area contributed by atoms with Crippen molar-refractivity contribution in [1.82, 2.24) is 9.97 Å². The molecule has 1 aliphatic carbocycles. The zero-order valence-electron chi connectivity index (χ0n) is 19.3. The fourth-order valence-corrected chi connectivity index (χ4v) is 5.46. The largest absolute Gasteiger partial charge is 0.386 e. The fraction of sp³-hybridized carbons (Fsp3) is 0.280. The first kappa shape index (κ1) is 25.7. The van der Waals surface area contributed by atoms with E-state index in [1.54, 1.807) is 31.4 Å². The van der Waals surface area contributed by atoms with Crippen LogP contribution in [0.15, 0.2) is 48.7 Å². The van der Waals surface area contributed by atoms with E-state index in [9.17, 15) is 13.7 Å². The van der Waals surface area contributed by atoms with Gasteiger partial charge in [0.25, 0.3) is 0 Å². The Hall–Kier alpha value is -2.43. The number of aromatic nitrogens is 2. The Kier molecular flexibility index (Phi) is 7.54. The quantitative estimate of drug-likeness (QED) is 0.321. The molecule has 0 radical (unpaired) electrons. The molecule has 4 aromatic rings. The molecule has 3 heterocycles.